The summed E-state index contributed by atoms with van der Waals surface area (Å²) in [4.78, 5) is 17.9. The first-order valence-electron chi connectivity index (χ1n) is 4.87. The minimum Gasteiger partial charge on any atom is -0.383 e. The first-order valence-corrected chi connectivity index (χ1v) is 6.65. The highest BCUT2D eigenvalue weighted by Gasteiger charge is 2.00. The Hall–Kier alpha value is -1.27. The Morgan fingerprint density at radius 3 is 2.71 bits per heavy atom. The zero-order valence-corrected chi connectivity index (χ0v) is 11.2. The Morgan fingerprint density at radius 2 is 2.06 bits per heavy atom. The number of nitrogens with one attached hydrogen (secondary N) is 1. The predicted octanol–water partition coefficient (Wildman–Crippen LogP) is 2.41. The maximum absolute atomic E-state index is 11.2. The summed E-state index contributed by atoms with van der Waals surface area (Å²) in [6.07, 6.45) is 0. The molecular weight excluding hydrogens is 302 g/mol. The highest BCUT2D eigenvalue weighted by Crippen LogP contribution is 2.20. The fourth-order valence-corrected chi connectivity index (χ4v) is 2.36. The van der Waals surface area contributed by atoms with Crippen molar-refractivity contribution < 1.29 is 0 Å². The van der Waals surface area contributed by atoms with Gasteiger partial charge in [0.05, 0.1) is 0 Å². The highest BCUT2D eigenvalue weighted by molar-refractivity contribution is 9.10. The summed E-state index contributed by atoms with van der Waals surface area (Å²) >= 11 is 4.82. The van der Waals surface area contributed by atoms with Gasteiger partial charge in [0.25, 0.3) is 5.56 Å². The Kier molecular flexibility index (Phi) is 3.86. The van der Waals surface area contributed by atoms with Crippen LogP contribution in [0.15, 0.2) is 44.8 Å². The lowest BCUT2D eigenvalue weighted by atomic mass is 10.2. The van der Waals surface area contributed by atoms with E-state index in [0.717, 1.165) is 15.8 Å². The van der Waals surface area contributed by atoms with E-state index in [2.05, 4.69) is 25.9 Å². The number of rotatable bonds is 3. The van der Waals surface area contributed by atoms with Crippen LogP contribution >= 0.6 is 27.7 Å². The fourth-order valence-electron chi connectivity index (χ4n) is 1.25. The quantitative estimate of drug-likeness (QED) is 0.674. The van der Waals surface area contributed by atoms with Crippen molar-refractivity contribution >= 4 is 33.5 Å². The largest absolute Gasteiger partial charge is 0.383 e. The van der Waals surface area contributed by atoms with Gasteiger partial charge in [-0.25, -0.2) is 4.98 Å². The molecule has 0 unspecified atom stereocenters. The zero-order valence-electron chi connectivity index (χ0n) is 8.81. The van der Waals surface area contributed by atoms with Crippen molar-refractivity contribution in [3.8, 4) is 0 Å². The van der Waals surface area contributed by atoms with Crippen LogP contribution in [0.2, 0.25) is 0 Å². The van der Waals surface area contributed by atoms with Crippen LogP contribution in [0.3, 0.4) is 0 Å². The molecule has 88 valence electrons. The second kappa shape index (κ2) is 5.37. The highest BCUT2D eigenvalue weighted by atomic mass is 79.9. The summed E-state index contributed by atoms with van der Waals surface area (Å²) in [5.74, 6) is 0.978. The topological polar surface area (TPSA) is 71.8 Å². The molecule has 4 nitrogen and oxygen atoms in total. The van der Waals surface area contributed by atoms with Gasteiger partial charge >= 0.3 is 0 Å². The van der Waals surface area contributed by atoms with Crippen molar-refractivity contribution in [3.63, 3.8) is 0 Å². The number of halogens is 1. The summed E-state index contributed by atoms with van der Waals surface area (Å²) in [5, 5.41) is 0.540. The molecule has 0 saturated carbocycles. The molecule has 0 aliphatic heterocycles. The molecule has 0 saturated heterocycles. The molecule has 0 aliphatic carbocycles. The average molecular weight is 312 g/mol. The van der Waals surface area contributed by atoms with E-state index in [-0.39, 0.29) is 11.4 Å². The zero-order chi connectivity index (χ0) is 12.3. The number of aromatic nitrogens is 2. The maximum Gasteiger partial charge on any atom is 0.253 e. The number of nitrogen functional groups attached to an aromatic ring is 1. The summed E-state index contributed by atoms with van der Waals surface area (Å²) in [6, 6.07) is 9.25. The van der Waals surface area contributed by atoms with Crippen molar-refractivity contribution in [1.29, 1.82) is 0 Å². The molecule has 1 aromatic carbocycles. The molecule has 3 N–H and O–H groups in total. The normalized spacial score (nSPS) is 10.4. The summed E-state index contributed by atoms with van der Waals surface area (Å²) in [7, 11) is 0. The van der Waals surface area contributed by atoms with Crippen molar-refractivity contribution in [2.45, 2.75) is 10.9 Å². The summed E-state index contributed by atoms with van der Waals surface area (Å²) in [5.41, 5.74) is 6.43. The predicted molar refractivity (Wildman–Crippen MR) is 73.0 cm³/mol. The molecule has 2 rings (SSSR count). The first-order chi connectivity index (χ1) is 8.13. The Labute approximate surface area is 111 Å². The van der Waals surface area contributed by atoms with Gasteiger partial charge in [0.15, 0.2) is 5.16 Å². The molecule has 2 aromatic rings. The van der Waals surface area contributed by atoms with Gasteiger partial charge in [-0.05, 0) is 17.7 Å². The third-order valence-electron chi connectivity index (χ3n) is 2.03. The number of hydrogen-bond acceptors (Lipinski definition) is 4. The smallest absolute Gasteiger partial charge is 0.253 e. The standard InChI is InChI=1S/C11H10BrN3OS/c12-8-3-1-7(2-4-8)6-17-11-14-9(13)5-10(16)15-11/h1-5H,6H2,(H3,13,14,15,16). The van der Waals surface area contributed by atoms with Crippen molar-refractivity contribution in [2.75, 3.05) is 5.73 Å². The van der Waals surface area contributed by atoms with Gasteiger partial charge in [-0.2, -0.15) is 0 Å². The number of nitrogens with zero attached hydrogens (tertiary/aromatic N) is 1. The van der Waals surface area contributed by atoms with E-state index in [1.54, 1.807) is 0 Å². The molecule has 0 amide bonds. The third kappa shape index (κ3) is 3.61. The van der Waals surface area contributed by atoms with E-state index >= 15 is 0 Å². The van der Waals surface area contributed by atoms with E-state index in [4.69, 9.17) is 5.73 Å². The van der Waals surface area contributed by atoms with Gasteiger partial charge in [-0.1, -0.05) is 39.8 Å². The number of H-pyrrole nitrogens is 1. The minimum atomic E-state index is -0.226. The number of hydrogen-bond donors (Lipinski definition) is 2. The SMILES string of the molecule is Nc1cc(=O)[nH]c(SCc2ccc(Br)cc2)n1. The van der Waals surface area contributed by atoms with Crippen LogP contribution in [0, 0.1) is 0 Å². The van der Waals surface area contributed by atoms with Crippen LogP contribution in [0.4, 0.5) is 5.82 Å². The van der Waals surface area contributed by atoms with E-state index < -0.39 is 0 Å². The molecule has 6 heteroatoms. The lowest BCUT2D eigenvalue weighted by Crippen LogP contribution is -2.09. The van der Waals surface area contributed by atoms with E-state index in [1.165, 1.54) is 17.8 Å². The number of nitrogens with two attached hydrogens (primary N) is 1. The van der Waals surface area contributed by atoms with Gasteiger partial charge in [0.1, 0.15) is 5.82 Å². The maximum atomic E-state index is 11.2. The molecule has 1 aromatic heterocycles. The average Bonchev–Trinajstić information content (AvgIpc) is 2.27. The van der Waals surface area contributed by atoms with Gasteiger partial charge in [0.2, 0.25) is 0 Å². The molecule has 0 radical (unpaired) electrons. The van der Waals surface area contributed by atoms with Crippen LogP contribution in [0.5, 0.6) is 0 Å². The monoisotopic (exact) mass is 311 g/mol. The van der Waals surface area contributed by atoms with Gasteiger partial charge < -0.3 is 10.7 Å². The van der Waals surface area contributed by atoms with Crippen LogP contribution in [-0.4, -0.2) is 9.97 Å². The minimum absolute atomic E-state index is 0.226. The Bertz CT molecular complexity index is 568. The number of thioether (sulfide) groups is 1. The fraction of sp³-hybridized carbons (Fsp3) is 0.0909. The Balaban J connectivity index is 2.07. The number of benzene rings is 1. The second-order valence-corrected chi connectivity index (χ2v) is 5.27. The molecule has 0 fully saturated rings. The van der Waals surface area contributed by atoms with E-state index in [9.17, 15) is 4.79 Å². The Morgan fingerprint density at radius 1 is 1.35 bits per heavy atom. The molecule has 0 spiro atoms. The van der Waals surface area contributed by atoms with E-state index in [1.807, 2.05) is 24.3 Å². The first kappa shape index (κ1) is 12.2. The number of aromatic amines is 1. The van der Waals surface area contributed by atoms with Crippen LogP contribution in [-0.2, 0) is 5.75 Å². The molecule has 1 heterocycles. The van der Waals surface area contributed by atoms with Gasteiger partial charge in [-0.15, -0.1) is 0 Å². The summed E-state index contributed by atoms with van der Waals surface area (Å²) < 4.78 is 1.04. The van der Waals surface area contributed by atoms with Gasteiger partial charge in [0, 0.05) is 16.3 Å². The van der Waals surface area contributed by atoms with Gasteiger partial charge in [-0.3, -0.25) is 4.79 Å². The van der Waals surface area contributed by atoms with Crippen LogP contribution in [0.25, 0.3) is 0 Å². The van der Waals surface area contributed by atoms with Crippen molar-refractivity contribution in [3.05, 3.63) is 50.7 Å². The van der Waals surface area contributed by atoms with E-state index in [0.29, 0.717) is 5.16 Å². The van der Waals surface area contributed by atoms with Crippen molar-refractivity contribution in [2.24, 2.45) is 0 Å². The summed E-state index contributed by atoms with van der Waals surface area (Å²) in [6.45, 7) is 0. The molecule has 0 atom stereocenters. The number of anilines is 1. The molecule has 17 heavy (non-hydrogen) atoms. The lowest BCUT2D eigenvalue weighted by molar-refractivity contribution is 0.945. The van der Waals surface area contributed by atoms with Crippen LogP contribution in [0.1, 0.15) is 5.56 Å². The third-order valence-corrected chi connectivity index (χ3v) is 3.50. The van der Waals surface area contributed by atoms with Crippen LogP contribution < -0.4 is 11.3 Å². The molecular formula is C11H10BrN3OS. The second-order valence-electron chi connectivity index (χ2n) is 3.39. The van der Waals surface area contributed by atoms with Crippen molar-refractivity contribution in [1.82, 2.24) is 9.97 Å². The molecule has 0 bridgehead atoms. The molecule has 0 aliphatic rings. The lowest BCUT2D eigenvalue weighted by Gasteiger charge is -2.02.